The van der Waals surface area contributed by atoms with E-state index in [-0.39, 0.29) is 6.10 Å². The third-order valence-corrected chi connectivity index (χ3v) is 4.60. The summed E-state index contributed by atoms with van der Waals surface area (Å²) in [4.78, 5) is 3.88. The van der Waals surface area contributed by atoms with Gasteiger partial charge in [-0.1, -0.05) is 13.3 Å². The molecule has 0 aromatic rings. The summed E-state index contributed by atoms with van der Waals surface area (Å²) >= 11 is 0. The molecule has 0 aliphatic carbocycles. The van der Waals surface area contributed by atoms with E-state index in [1.54, 1.807) is 4.90 Å². The van der Waals surface area contributed by atoms with Crippen molar-refractivity contribution in [2.24, 2.45) is 0 Å². The third kappa shape index (κ3) is 4.81. The van der Waals surface area contributed by atoms with Gasteiger partial charge in [-0.25, -0.2) is 0 Å². The number of piperazine rings is 1. The average Bonchev–Trinajstić information content (AvgIpc) is 2.28. The molecule has 0 saturated carbocycles. The van der Waals surface area contributed by atoms with E-state index >= 15 is 0 Å². The standard InChI is InChI=1S/C11H24N2O4S/c1-3-4-11(14)9-12-5-7-13(8-6-12)10(2)18(15,16)17/h10-11,14H,3-9H2,1-2H3,(H,15,16,17). The Balaban J connectivity index is 2.37. The molecule has 2 unspecified atom stereocenters. The minimum Gasteiger partial charge on any atom is -0.392 e. The molecular weight excluding hydrogens is 256 g/mol. The Morgan fingerprint density at radius 3 is 2.22 bits per heavy atom. The van der Waals surface area contributed by atoms with Gasteiger partial charge in [-0.15, -0.1) is 0 Å². The van der Waals surface area contributed by atoms with E-state index in [0.717, 1.165) is 25.9 Å². The van der Waals surface area contributed by atoms with Crippen LogP contribution in [-0.4, -0.2) is 72.1 Å². The molecule has 0 aromatic carbocycles. The van der Waals surface area contributed by atoms with Crippen molar-refractivity contribution in [3.63, 3.8) is 0 Å². The number of hydrogen-bond acceptors (Lipinski definition) is 5. The molecule has 18 heavy (non-hydrogen) atoms. The highest BCUT2D eigenvalue weighted by Gasteiger charge is 2.28. The van der Waals surface area contributed by atoms with Gasteiger partial charge in [0.2, 0.25) is 0 Å². The molecule has 1 saturated heterocycles. The highest BCUT2D eigenvalue weighted by atomic mass is 32.2. The molecule has 0 amide bonds. The molecule has 1 heterocycles. The topological polar surface area (TPSA) is 81.1 Å². The van der Waals surface area contributed by atoms with Crippen LogP contribution in [0.2, 0.25) is 0 Å². The second-order valence-electron chi connectivity index (χ2n) is 4.89. The maximum atomic E-state index is 11.0. The molecule has 2 N–H and O–H groups in total. The predicted octanol–water partition coefficient (Wildman–Crippen LogP) is -0.00120. The molecule has 1 aliphatic heterocycles. The molecule has 7 heteroatoms. The van der Waals surface area contributed by atoms with Crippen LogP contribution in [0.4, 0.5) is 0 Å². The van der Waals surface area contributed by atoms with Crippen LogP contribution in [-0.2, 0) is 10.1 Å². The lowest BCUT2D eigenvalue weighted by molar-refractivity contribution is 0.0647. The predicted molar refractivity (Wildman–Crippen MR) is 69.9 cm³/mol. The summed E-state index contributed by atoms with van der Waals surface area (Å²) in [6.07, 6.45) is 1.45. The van der Waals surface area contributed by atoms with Crippen molar-refractivity contribution in [1.82, 2.24) is 9.80 Å². The fourth-order valence-electron chi connectivity index (χ4n) is 2.22. The first-order valence-electron chi connectivity index (χ1n) is 6.45. The van der Waals surface area contributed by atoms with Crippen molar-refractivity contribution in [3.8, 4) is 0 Å². The highest BCUT2D eigenvalue weighted by molar-refractivity contribution is 7.86. The van der Waals surface area contributed by atoms with Crippen molar-refractivity contribution in [2.45, 2.75) is 38.2 Å². The van der Waals surface area contributed by atoms with Gasteiger partial charge in [-0.2, -0.15) is 8.42 Å². The van der Waals surface area contributed by atoms with Crippen LogP contribution in [0.5, 0.6) is 0 Å². The van der Waals surface area contributed by atoms with Crippen LogP contribution in [0.25, 0.3) is 0 Å². The van der Waals surface area contributed by atoms with Crippen LogP contribution in [0.3, 0.4) is 0 Å². The van der Waals surface area contributed by atoms with Crippen molar-refractivity contribution < 1.29 is 18.1 Å². The summed E-state index contributed by atoms with van der Waals surface area (Å²) in [5.74, 6) is 0. The van der Waals surface area contributed by atoms with Crippen LogP contribution in [0.15, 0.2) is 0 Å². The van der Waals surface area contributed by atoms with E-state index < -0.39 is 15.5 Å². The Hall–Kier alpha value is -0.210. The Bertz CT molecular complexity index is 339. The van der Waals surface area contributed by atoms with Gasteiger partial charge in [0.1, 0.15) is 5.37 Å². The molecule has 1 rings (SSSR count). The van der Waals surface area contributed by atoms with Gasteiger partial charge in [-0.05, 0) is 13.3 Å². The van der Waals surface area contributed by atoms with E-state index in [1.807, 2.05) is 6.92 Å². The third-order valence-electron chi connectivity index (χ3n) is 3.44. The number of aliphatic hydroxyl groups is 1. The molecule has 1 aliphatic rings. The maximum absolute atomic E-state index is 11.0. The van der Waals surface area contributed by atoms with Crippen molar-refractivity contribution in [3.05, 3.63) is 0 Å². The second-order valence-corrected chi connectivity index (χ2v) is 6.61. The van der Waals surface area contributed by atoms with E-state index in [1.165, 1.54) is 6.92 Å². The summed E-state index contributed by atoms with van der Waals surface area (Å²) in [5.41, 5.74) is 0. The van der Waals surface area contributed by atoms with Crippen LogP contribution >= 0.6 is 0 Å². The summed E-state index contributed by atoms with van der Waals surface area (Å²) in [6.45, 7) is 6.81. The molecule has 0 radical (unpaired) electrons. The van der Waals surface area contributed by atoms with Gasteiger partial charge >= 0.3 is 0 Å². The Kier molecular flexibility index (Phi) is 6.00. The minimum absolute atomic E-state index is 0.305. The van der Waals surface area contributed by atoms with E-state index in [2.05, 4.69) is 4.90 Å². The Morgan fingerprint density at radius 1 is 1.22 bits per heavy atom. The summed E-state index contributed by atoms with van der Waals surface area (Å²) in [6, 6.07) is 0. The first kappa shape index (κ1) is 15.8. The highest BCUT2D eigenvalue weighted by Crippen LogP contribution is 2.11. The van der Waals surface area contributed by atoms with E-state index in [9.17, 15) is 13.5 Å². The lowest BCUT2D eigenvalue weighted by Gasteiger charge is -2.37. The molecular formula is C11H24N2O4S. The van der Waals surface area contributed by atoms with Gasteiger partial charge in [-0.3, -0.25) is 14.4 Å². The molecule has 6 nitrogen and oxygen atoms in total. The molecule has 0 aromatic heterocycles. The van der Waals surface area contributed by atoms with Gasteiger partial charge in [0.25, 0.3) is 10.1 Å². The monoisotopic (exact) mass is 280 g/mol. The molecule has 0 spiro atoms. The molecule has 2 atom stereocenters. The first-order valence-corrected chi connectivity index (χ1v) is 7.95. The van der Waals surface area contributed by atoms with E-state index in [0.29, 0.717) is 19.6 Å². The number of nitrogens with zero attached hydrogens (tertiary/aromatic N) is 2. The van der Waals surface area contributed by atoms with Crippen LogP contribution in [0.1, 0.15) is 26.7 Å². The lowest BCUT2D eigenvalue weighted by atomic mass is 10.2. The lowest BCUT2D eigenvalue weighted by Crippen LogP contribution is -2.52. The van der Waals surface area contributed by atoms with Crippen molar-refractivity contribution in [1.29, 1.82) is 0 Å². The van der Waals surface area contributed by atoms with Crippen molar-refractivity contribution >= 4 is 10.1 Å². The fraction of sp³-hybridized carbons (Fsp3) is 1.00. The summed E-state index contributed by atoms with van der Waals surface area (Å²) in [7, 11) is -3.99. The quantitative estimate of drug-likeness (QED) is 0.667. The normalized spacial score (nSPS) is 22.9. The summed E-state index contributed by atoms with van der Waals surface area (Å²) in [5, 5.41) is 8.87. The fourth-order valence-corrected chi connectivity index (χ4v) is 2.81. The van der Waals surface area contributed by atoms with Crippen LogP contribution < -0.4 is 0 Å². The zero-order valence-corrected chi connectivity index (χ0v) is 11.9. The SMILES string of the molecule is CCCC(O)CN1CCN(C(C)S(=O)(=O)O)CC1. The smallest absolute Gasteiger partial charge is 0.280 e. The number of aliphatic hydroxyl groups excluding tert-OH is 1. The van der Waals surface area contributed by atoms with Gasteiger partial charge < -0.3 is 5.11 Å². The molecule has 1 fully saturated rings. The first-order chi connectivity index (χ1) is 8.34. The van der Waals surface area contributed by atoms with Gasteiger partial charge in [0, 0.05) is 32.7 Å². The average molecular weight is 280 g/mol. The van der Waals surface area contributed by atoms with Gasteiger partial charge in [0.05, 0.1) is 6.10 Å². The Morgan fingerprint density at radius 2 is 1.78 bits per heavy atom. The molecule has 108 valence electrons. The van der Waals surface area contributed by atoms with Gasteiger partial charge in [0.15, 0.2) is 0 Å². The maximum Gasteiger partial charge on any atom is 0.280 e. The number of β-amino-alcohol motifs (C(OH)–C–C–N with tert-alkyl or cyclic N) is 1. The van der Waals surface area contributed by atoms with Crippen molar-refractivity contribution in [2.75, 3.05) is 32.7 Å². The number of rotatable bonds is 6. The minimum atomic E-state index is -3.99. The largest absolute Gasteiger partial charge is 0.392 e. The summed E-state index contributed by atoms with van der Waals surface area (Å²) < 4.78 is 31.1. The zero-order valence-electron chi connectivity index (χ0n) is 11.1. The van der Waals surface area contributed by atoms with E-state index in [4.69, 9.17) is 4.55 Å². The molecule has 0 bridgehead atoms. The Labute approximate surface area is 109 Å². The zero-order chi connectivity index (χ0) is 13.8. The van der Waals surface area contributed by atoms with Crippen LogP contribution in [0, 0.1) is 0 Å². The number of hydrogen-bond donors (Lipinski definition) is 2. The second kappa shape index (κ2) is 6.81.